The summed E-state index contributed by atoms with van der Waals surface area (Å²) in [5, 5.41) is 0. The maximum absolute atomic E-state index is 14.1. The summed E-state index contributed by atoms with van der Waals surface area (Å²) in [5.74, 6) is -2.36. The molecule has 4 atom stereocenters. The van der Waals surface area contributed by atoms with Gasteiger partial charge in [-0.15, -0.1) is 0 Å². The van der Waals surface area contributed by atoms with Gasteiger partial charge in [0.1, 0.15) is 12.8 Å². The lowest BCUT2D eigenvalue weighted by Gasteiger charge is -2.33. The van der Waals surface area contributed by atoms with Gasteiger partial charge in [-0.2, -0.15) is 0 Å². The van der Waals surface area contributed by atoms with Crippen LogP contribution in [0.4, 0.5) is 4.39 Å². The first-order valence-corrected chi connectivity index (χ1v) is 8.65. The van der Waals surface area contributed by atoms with Gasteiger partial charge in [-0.1, -0.05) is 30.3 Å². The van der Waals surface area contributed by atoms with E-state index in [0.717, 1.165) is 26.3 Å². The van der Waals surface area contributed by atoms with Crippen molar-refractivity contribution >= 4 is 17.9 Å². The van der Waals surface area contributed by atoms with Crippen LogP contribution in [0.25, 0.3) is 0 Å². The van der Waals surface area contributed by atoms with E-state index < -0.39 is 48.7 Å². The van der Waals surface area contributed by atoms with Crippen LogP contribution in [0.5, 0.6) is 0 Å². The number of halogens is 1. The summed E-state index contributed by atoms with van der Waals surface area (Å²) in [7, 11) is 0. The number of esters is 3. The zero-order valence-electron chi connectivity index (χ0n) is 15.9. The third-order valence-corrected chi connectivity index (χ3v) is 4.02. The molecule has 0 N–H and O–H groups in total. The van der Waals surface area contributed by atoms with Gasteiger partial charge in [0.15, 0.2) is 6.10 Å². The molecule has 154 valence electrons. The van der Waals surface area contributed by atoms with E-state index in [2.05, 4.69) is 0 Å². The number of hydrogen-bond acceptors (Lipinski definition) is 8. The highest BCUT2D eigenvalue weighted by atomic mass is 19.1. The fourth-order valence-corrected chi connectivity index (χ4v) is 2.96. The summed E-state index contributed by atoms with van der Waals surface area (Å²) < 4.78 is 40.6. The van der Waals surface area contributed by atoms with Gasteiger partial charge in [0.2, 0.25) is 11.9 Å². The molecular weight excluding hydrogens is 375 g/mol. The molecule has 1 saturated heterocycles. The molecule has 1 unspecified atom stereocenters. The maximum atomic E-state index is 14.1. The van der Waals surface area contributed by atoms with Crippen LogP contribution >= 0.6 is 0 Å². The molecule has 0 radical (unpaired) electrons. The molecular formula is C19H23FO8. The number of benzene rings is 1. The largest absolute Gasteiger partial charge is 0.455 e. The van der Waals surface area contributed by atoms with Gasteiger partial charge in [-0.3, -0.25) is 14.4 Å². The van der Waals surface area contributed by atoms with Crippen molar-refractivity contribution in [3.63, 3.8) is 0 Å². The van der Waals surface area contributed by atoms with Crippen molar-refractivity contribution in [2.75, 3.05) is 13.3 Å². The predicted octanol–water partition coefficient (Wildman–Crippen LogP) is 1.69. The zero-order chi connectivity index (χ0) is 20.7. The summed E-state index contributed by atoms with van der Waals surface area (Å²) in [6.07, 6.45) is -3.97. The van der Waals surface area contributed by atoms with Crippen LogP contribution in [0.2, 0.25) is 0 Å². The molecule has 1 aromatic rings. The average molecular weight is 398 g/mol. The number of alkyl halides is 1. The second kappa shape index (κ2) is 9.61. The lowest BCUT2D eigenvalue weighted by molar-refractivity contribution is -0.227. The Kier molecular flexibility index (Phi) is 7.47. The molecule has 2 rings (SSSR count). The molecule has 1 heterocycles. The second-order valence-corrected chi connectivity index (χ2v) is 6.33. The normalized spacial score (nSPS) is 26.5. The molecule has 0 amide bonds. The Hall–Kier alpha value is -2.52. The average Bonchev–Trinajstić information content (AvgIpc) is 2.88. The molecule has 1 fully saturated rings. The van der Waals surface area contributed by atoms with Crippen LogP contribution in [0.3, 0.4) is 0 Å². The number of ether oxygens (including phenoxy) is 5. The Morgan fingerprint density at radius 3 is 2.21 bits per heavy atom. The van der Waals surface area contributed by atoms with Gasteiger partial charge in [-0.05, 0) is 5.56 Å². The van der Waals surface area contributed by atoms with E-state index >= 15 is 0 Å². The van der Waals surface area contributed by atoms with Crippen molar-refractivity contribution in [2.45, 2.75) is 51.5 Å². The van der Waals surface area contributed by atoms with Crippen LogP contribution in [0, 0.1) is 0 Å². The first kappa shape index (κ1) is 21.8. The van der Waals surface area contributed by atoms with Crippen LogP contribution in [0.1, 0.15) is 26.3 Å². The van der Waals surface area contributed by atoms with E-state index in [1.165, 1.54) is 0 Å². The van der Waals surface area contributed by atoms with E-state index in [1.807, 2.05) is 30.3 Å². The van der Waals surface area contributed by atoms with Crippen LogP contribution < -0.4 is 0 Å². The molecule has 0 spiro atoms. The maximum Gasteiger partial charge on any atom is 0.305 e. The van der Waals surface area contributed by atoms with Crippen molar-refractivity contribution in [1.29, 1.82) is 0 Å². The van der Waals surface area contributed by atoms with Crippen molar-refractivity contribution in [3.05, 3.63) is 35.9 Å². The molecule has 0 aromatic heterocycles. The summed E-state index contributed by atoms with van der Waals surface area (Å²) in [6.45, 7) is 2.09. The Morgan fingerprint density at radius 1 is 1.04 bits per heavy atom. The Morgan fingerprint density at radius 2 is 1.68 bits per heavy atom. The van der Waals surface area contributed by atoms with E-state index in [4.69, 9.17) is 23.7 Å². The van der Waals surface area contributed by atoms with Gasteiger partial charge < -0.3 is 23.7 Å². The van der Waals surface area contributed by atoms with Crippen LogP contribution in [0.15, 0.2) is 30.3 Å². The number of hydrogen-bond donors (Lipinski definition) is 0. The predicted molar refractivity (Wildman–Crippen MR) is 92.6 cm³/mol. The molecule has 1 aliphatic heterocycles. The minimum absolute atomic E-state index is 0.117. The fourth-order valence-electron chi connectivity index (χ4n) is 2.96. The number of carbonyl (C=O) groups excluding carboxylic acids is 3. The first-order chi connectivity index (χ1) is 13.3. The third kappa shape index (κ3) is 5.26. The molecule has 0 bridgehead atoms. The highest BCUT2D eigenvalue weighted by Crippen LogP contribution is 2.38. The van der Waals surface area contributed by atoms with Crippen LogP contribution in [-0.4, -0.2) is 55.3 Å². The summed E-state index contributed by atoms with van der Waals surface area (Å²) >= 11 is 0. The summed E-state index contributed by atoms with van der Waals surface area (Å²) in [4.78, 5) is 34.6. The smallest absolute Gasteiger partial charge is 0.305 e. The highest BCUT2D eigenvalue weighted by Gasteiger charge is 2.64. The van der Waals surface area contributed by atoms with E-state index in [1.54, 1.807) is 0 Å². The Bertz CT molecular complexity index is 694. The topological polar surface area (TPSA) is 97.4 Å². The van der Waals surface area contributed by atoms with Crippen molar-refractivity contribution < 1.29 is 42.5 Å². The second-order valence-electron chi connectivity index (χ2n) is 6.33. The van der Waals surface area contributed by atoms with E-state index in [0.29, 0.717) is 0 Å². The highest BCUT2D eigenvalue weighted by molar-refractivity contribution is 5.69. The molecule has 0 aliphatic carbocycles. The number of carbonyl (C=O) groups is 3. The van der Waals surface area contributed by atoms with Gasteiger partial charge >= 0.3 is 17.9 Å². The van der Waals surface area contributed by atoms with Crippen molar-refractivity contribution in [3.8, 4) is 0 Å². The standard InChI is InChI=1S/C19H23FO8/c1-12(21)25-17-16(10-24-9-15-7-5-4-6-8-15)27-18(26-13(2)22)19(17,11-20)28-14(3)23/h4-8,16-18H,9-11H2,1-3H3/t16-,17+,18-,19?/m1/s1. The van der Waals surface area contributed by atoms with Gasteiger partial charge in [0.05, 0.1) is 13.2 Å². The van der Waals surface area contributed by atoms with E-state index in [-0.39, 0.29) is 13.2 Å². The van der Waals surface area contributed by atoms with Crippen molar-refractivity contribution in [1.82, 2.24) is 0 Å². The molecule has 28 heavy (non-hydrogen) atoms. The summed E-state index contributed by atoms with van der Waals surface area (Å²) in [6, 6.07) is 9.26. The van der Waals surface area contributed by atoms with Crippen LogP contribution in [-0.2, 0) is 44.7 Å². The van der Waals surface area contributed by atoms with Crippen molar-refractivity contribution in [2.24, 2.45) is 0 Å². The Labute approximate surface area is 161 Å². The molecule has 0 saturated carbocycles. The fraction of sp³-hybridized carbons (Fsp3) is 0.526. The molecule has 8 nitrogen and oxygen atoms in total. The first-order valence-electron chi connectivity index (χ1n) is 8.65. The van der Waals surface area contributed by atoms with Gasteiger partial charge in [0, 0.05) is 20.8 Å². The minimum atomic E-state index is -2.12. The van der Waals surface area contributed by atoms with Gasteiger partial charge in [0.25, 0.3) is 0 Å². The minimum Gasteiger partial charge on any atom is -0.455 e. The molecule has 9 heteroatoms. The summed E-state index contributed by atoms with van der Waals surface area (Å²) in [5.41, 5.74) is -1.23. The zero-order valence-corrected chi connectivity index (χ0v) is 15.9. The number of rotatable bonds is 8. The monoisotopic (exact) mass is 398 g/mol. The molecule has 1 aliphatic rings. The Balaban J connectivity index is 2.22. The molecule has 1 aromatic carbocycles. The van der Waals surface area contributed by atoms with E-state index in [9.17, 15) is 18.8 Å². The SMILES string of the molecule is CC(=O)O[C@@H]1O[C@H](COCc2ccccc2)[C@H](OC(C)=O)C1(CF)OC(C)=O. The quantitative estimate of drug-likeness (QED) is 0.482. The van der Waals surface area contributed by atoms with Gasteiger partial charge in [-0.25, -0.2) is 4.39 Å². The third-order valence-electron chi connectivity index (χ3n) is 4.02. The lowest BCUT2D eigenvalue weighted by atomic mass is 9.95. The lowest BCUT2D eigenvalue weighted by Crippen LogP contribution is -2.56.